The van der Waals surface area contributed by atoms with Gasteiger partial charge in [0.25, 0.3) is 0 Å². The fourth-order valence-corrected chi connectivity index (χ4v) is 4.43. The monoisotopic (exact) mass is 370 g/mol. The van der Waals surface area contributed by atoms with Crippen molar-refractivity contribution in [3.05, 3.63) is 35.9 Å². The summed E-state index contributed by atoms with van der Waals surface area (Å²) >= 11 is 0. The lowest BCUT2D eigenvalue weighted by Crippen LogP contribution is -2.48. The van der Waals surface area contributed by atoms with Gasteiger partial charge in [-0.05, 0) is 50.0 Å². The van der Waals surface area contributed by atoms with Crippen molar-refractivity contribution in [1.82, 2.24) is 10.2 Å². The number of piperidine rings is 1. The minimum atomic E-state index is -0.341. The van der Waals surface area contributed by atoms with Gasteiger partial charge in [-0.15, -0.1) is 0 Å². The van der Waals surface area contributed by atoms with E-state index in [-0.39, 0.29) is 23.1 Å². The Balaban J connectivity index is 1.42. The minimum absolute atomic E-state index is 0.0564. The van der Waals surface area contributed by atoms with Gasteiger partial charge in [0.2, 0.25) is 11.8 Å². The normalized spacial score (nSPS) is 24.5. The van der Waals surface area contributed by atoms with Crippen LogP contribution in [0.25, 0.3) is 0 Å². The summed E-state index contributed by atoms with van der Waals surface area (Å²) in [6.45, 7) is 7.28. The van der Waals surface area contributed by atoms with Crippen molar-refractivity contribution in [1.29, 1.82) is 0 Å². The summed E-state index contributed by atoms with van der Waals surface area (Å²) in [7, 11) is 0. The second-order valence-corrected chi connectivity index (χ2v) is 9.28. The van der Waals surface area contributed by atoms with E-state index < -0.39 is 0 Å². The van der Waals surface area contributed by atoms with Crippen molar-refractivity contribution in [2.45, 2.75) is 71.3 Å². The van der Waals surface area contributed by atoms with Gasteiger partial charge in [-0.1, -0.05) is 51.1 Å². The molecule has 1 saturated heterocycles. The van der Waals surface area contributed by atoms with E-state index in [0.717, 1.165) is 38.5 Å². The quantitative estimate of drug-likeness (QED) is 0.870. The molecule has 0 radical (unpaired) electrons. The van der Waals surface area contributed by atoms with E-state index >= 15 is 0 Å². The fourth-order valence-electron chi connectivity index (χ4n) is 4.43. The highest BCUT2D eigenvalue weighted by atomic mass is 16.2. The lowest BCUT2D eigenvalue weighted by Gasteiger charge is -2.36. The van der Waals surface area contributed by atoms with E-state index in [4.69, 9.17) is 0 Å². The zero-order valence-corrected chi connectivity index (χ0v) is 17.0. The number of benzene rings is 1. The highest BCUT2D eigenvalue weighted by molar-refractivity contribution is 5.82. The molecule has 0 spiro atoms. The maximum atomic E-state index is 12.7. The molecule has 27 heavy (non-hydrogen) atoms. The molecule has 1 heterocycles. The predicted octanol–water partition coefficient (Wildman–Crippen LogP) is 4.11. The molecule has 2 aliphatic rings. The summed E-state index contributed by atoms with van der Waals surface area (Å²) in [5.74, 6) is 1.08. The first-order valence-corrected chi connectivity index (χ1v) is 10.5. The van der Waals surface area contributed by atoms with Crippen molar-refractivity contribution in [3.63, 3.8) is 0 Å². The Bertz CT molecular complexity index is 634. The first-order chi connectivity index (χ1) is 12.8. The van der Waals surface area contributed by atoms with Gasteiger partial charge >= 0.3 is 0 Å². The number of carbonyl (C=O) groups is 2. The highest BCUT2D eigenvalue weighted by Gasteiger charge is 2.33. The molecule has 1 aromatic rings. The zero-order valence-electron chi connectivity index (χ0n) is 17.0. The first-order valence-electron chi connectivity index (χ1n) is 10.5. The van der Waals surface area contributed by atoms with E-state index in [9.17, 15) is 9.59 Å². The van der Waals surface area contributed by atoms with Crippen LogP contribution >= 0.6 is 0 Å². The smallest absolute Gasteiger partial charge is 0.227 e. The molecular formula is C23H34N2O2. The number of hydrogen-bond donors (Lipinski definition) is 1. The molecule has 0 aromatic heterocycles. The van der Waals surface area contributed by atoms with Crippen molar-refractivity contribution in [3.8, 4) is 0 Å². The van der Waals surface area contributed by atoms with Crippen molar-refractivity contribution in [2.24, 2.45) is 11.3 Å². The molecular weight excluding hydrogens is 336 g/mol. The molecule has 0 unspecified atom stereocenters. The van der Waals surface area contributed by atoms with E-state index in [1.54, 1.807) is 0 Å². The summed E-state index contributed by atoms with van der Waals surface area (Å²) in [6.07, 6.45) is 5.99. The van der Waals surface area contributed by atoms with Gasteiger partial charge in [0.05, 0.1) is 0 Å². The molecule has 1 saturated carbocycles. The Labute approximate surface area is 163 Å². The molecule has 3 rings (SSSR count). The van der Waals surface area contributed by atoms with Crippen LogP contribution in [0.4, 0.5) is 0 Å². The molecule has 1 aliphatic carbocycles. The zero-order chi connectivity index (χ0) is 19.4. The average Bonchev–Trinajstić information content (AvgIpc) is 2.68. The summed E-state index contributed by atoms with van der Waals surface area (Å²) < 4.78 is 0. The van der Waals surface area contributed by atoms with Crippen molar-refractivity contribution >= 4 is 11.8 Å². The molecule has 2 fully saturated rings. The van der Waals surface area contributed by atoms with Gasteiger partial charge in [0.15, 0.2) is 0 Å². The molecule has 2 amide bonds. The molecule has 1 aromatic carbocycles. The maximum Gasteiger partial charge on any atom is 0.227 e. The molecule has 148 valence electrons. The van der Waals surface area contributed by atoms with Crippen LogP contribution in [0.3, 0.4) is 0 Å². The number of amides is 2. The molecule has 0 atom stereocenters. The first kappa shape index (κ1) is 19.9. The van der Waals surface area contributed by atoms with Crippen LogP contribution in [0, 0.1) is 11.3 Å². The Morgan fingerprint density at radius 1 is 0.926 bits per heavy atom. The third kappa shape index (κ3) is 5.12. The Kier molecular flexibility index (Phi) is 6.23. The van der Waals surface area contributed by atoms with Crippen LogP contribution in [0.5, 0.6) is 0 Å². The van der Waals surface area contributed by atoms with Gasteiger partial charge in [0, 0.05) is 30.5 Å². The van der Waals surface area contributed by atoms with Crippen LogP contribution < -0.4 is 5.32 Å². The number of nitrogens with one attached hydrogen (secondary N) is 1. The molecule has 4 nitrogen and oxygen atoms in total. The lowest BCUT2D eigenvalue weighted by atomic mass is 9.81. The minimum Gasteiger partial charge on any atom is -0.353 e. The van der Waals surface area contributed by atoms with Gasteiger partial charge in [-0.3, -0.25) is 9.59 Å². The van der Waals surface area contributed by atoms with E-state index in [1.807, 2.05) is 25.7 Å². The second-order valence-electron chi connectivity index (χ2n) is 9.28. The highest BCUT2D eigenvalue weighted by Crippen LogP contribution is 2.33. The van der Waals surface area contributed by atoms with Crippen LogP contribution in [0.15, 0.2) is 30.3 Å². The Morgan fingerprint density at radius 2 is 1.52 bits per heavy atom. The third-order valence-electron chi connectivity index (χ3n) is 6.14. The lowest BCUT2D eigenvalue weighted by molar-refractivity contribution is -0.142. The fraction of sp³-hybridized carbons (Fsp3) is 0.652. The topological polar surface area (TPSA) is 49.4 Å². The summed E-state index contributed by atoms with van der Waals surface area (Å²) in [5, 5.41) is 3.29. The maximum absolute atomic E-state index is 12.7. The largest absolute Gasteiger partial charge is 0.353 e. The van der Waals surface area contributed by atoms with E-state index in [1.165, 1.54) is 5.56 Å². The predicted molar refractivity (Wildman–Crippen MR) is 108 cm³/mol. The third-order valence-corrected chi connectivity index (χ3v) is 6.14. The number of hydrogen-bond acceptors (Lipinski definition) is 2. The van der Waals surface area contributed by atoms with Crippen LogP contribution in [0.1, 0.15) is 70.8 Å². The summed E-state index contributed by atoms with van der Waals surface area (Å²) in [6, 6.07) is 11.0. The Hall–Kier alpha value is -1.84. The number of nitrogens with zero attached hydrogens (tertiary/aromatic N) is 1. The van der Waals surface area contributed by atoms with E-state index in [2.05, 4.69) is 35.6 Å². The van der Waals surface area contributed by atoms with E-state index in [0.29, 0.717) is 25.0 Å². The van der Waals surface area contributed by atoms with Crippen molar-refractivity contribution < 1.29 is 9.59 Å². The average molecular weight is 371 g/mol. The standard InChI is InChI=1S/C23H34N2O2/c1-23(2,3)22(27)25-15-13-19(14-16-25)21(26)24-20-11-9-18(10-12-20)17-7-5-4-6-8-17/h4-8,18-20H,9-16H2,1-3H3,(H,24,26). The number of likely N-dealkylation sites (tertiary alicyclic amines) is 1. The second kappa shape index (κ2) is 8.45. The van der Waals surface area contributed by atoms with Crippen LogP contribution in [-0.4, -0.2) is 35.8 Å². The van der Waals surface area contributed by atoms with Crippen molar-refractivity contribution in [2.75, 3.05) is 13.1 Å². The molecule has 0 bridgehead atoms. The van der Waals surface area contributed by atoms with Crippen LogP contribution in [-0.2, 0) is 9.59 Å². The van der Waals surface area contributed by atoms with Gasteiger partial charge in [0.1, 0.15) is 0 Å². The molecule has 1 N–H and O–H groups in total. The molecule has 1 aliphatic heterocycles. The van der Waals surface area contributed by atoms with Crippen LogP contribution in [0.2, 0.25) is 0 Å². The Morgan fingerprint density at radius 3 is 2.07 bits per heavy atom. The number of rotatable bonds is 3. The molecule has 4 heteroatoms. The van der Waals surface area contributed by atoms with Gasteiger partial charge < -0.3 is 10.2 Å². The van der Waals surface area contributed by atoms with Gasteiger partial charge in [-0.25, -0.2) is 0 Å². The van der Waals surface area contributed by atoms with Gasteiger partial charge in [-0.2, -0.15) is 0 Å². The summed E-state index contributed by atoms with van der Waals surface area (Å²) in [4.78, 5) is 27.0. The summed E-state index contributed by atoms with van der Waals surface area (Å²) in [5.41, 5.74) is 1.09. The SMILES string of the molecule is CC(C)(C)C(=O)N1CCC(C(=O)NC2CCC(c3ccccc3)CC2)CC1. The number of carbonyl (C=O) groups excluding carboxylic acids is 2.